The van der Waals surface area contributed by atoms with E-state index >= 15 is 0 Å². The van der Waals surface area contributed by atoms with Crippen molar-refractivity contribution in [1.29, 1.82) is 0 Å². The molecular formula is C22H25NO5. The molecule has 0 spiro atoms. The van der Waals surface area contributed by atoms with E-state index in [0.29, 0.717) is 18.6 Å². The summed E-state index contributed by atoms with van der Waals surface area (Å²) in [7, 11) is 0. The quantitative estimate of drug-likeness (QED) is 0.797. The summed E-state index contributed by atoms with van der Waals surface area (Å²) >= 11 is 0. The highest BCUT2D eigenvalue weighted by atomic mass is 16.5. The fraction of sp³-hybridized carbons (Fsp3) is 0.364. The van der Waals surface area contributed by atoms with Gasteiger partial charge in [-0.3, -0.25) is 4.79 Å². The number of benzene rings is 2. The van der Waals surface area contributed by atoms with E-state index in [4.69, 9.17) is 14.6 Å². The van der Waals surface area contributed by atoms with Crippen molar-refractivity contribution in [2.45, 2.75) is 44.9 Å². The Bertz CT molecular complexity index is 836. The molecule has 1 amide bonds. The van der Waals surface area contributed by atoms with Crippen molar-refractivity contribution in [3.63, 3.8) is 0 Å². The predicted molar refractivity (Wildman–Crippen MR) is 104 cm³/mol. The van der Waals surface area contributed by atoms with E-state index in [1.807, 2.05) is 55.5 Å². The topological polar surface area (TPSA) is 84.9 Å². The molecule has 1 saturated heterocycles. The molecular weight excluding hydrogens is 358 g/mol. The Balaban J connectivity index is 1.90. The zero-order valence-electron chi connectivity index (χ0n) is 16.1. The third-order valence-electron chi connectivity index (χ3n) is 4.77. The molecule has 0 aliphatic carbocycles. The highest BCUT2D eigenvalue weighted by Gasteiger charge is 2.33. The molecule has 1 heterocycles. The summed E-state index contributed by atoms with van der Waals surface area (Å²) in [5.74, 6) is -0.610. The van der Waals surface area contributed by atoms with Crippen molar-refractivity contribution in [2.24, 2.45) is 0 Å². The standard InChI is InChI=1S/C22H25NO5/c1-14-8-9-18(20(10-14)27-13-22(25)26)21-12-17(23-15(2)24)11-19(28-21)16-6-4-3-5-7-16/h3-10,17,19,21H,11-13H2,1-2H3,(H,23,24)(H,25,26)/t17-,19-,21+/m0/s1. The Morgan fingerprint density at radius 1 is 1.14 bits per heavy atom. The smallest absolute Gasteiger partial charge is 0.341 e. The number of aryl methyl sites for hydroxylation is 1. The van der Waals surface area contributed by atoms with Crippen LogP contribution < -0.4 is 10.1 Å². The molecule has 2 aromatic carbocycles. The van der Waals surface area contributed by atoms with Gasteiger partial charge >= 0.3 is 5.97 Å². The number of carbonyl (C=O) groups is 2. The van der Waals surface area contributed by atoms with Gasteiger partial charge in [0.15, 0.2) is 6.61 Å². The molecule has 1 fully saturated rings. The molecule has 3 rings (SSSR count). The van der Waals surface area contributed by atoms with E-state index in [0.717, 1.165) is 16.7 Å². The van der Waals surface area contributed by atoms with Gasteiger partial charge in [-0.05, 0) is 37.0 Å². The van der Waals surface area contributed by atoms with Crippen molar-refractivity contribution < 1.29 is 24.2 Å². The minimum absolute atomic E-state index is 0.0462. The van der Waals surface area contributed by atoms with Crippen LogP contribution in [-0.4, -0.2) is 29.6 Å². The van der Waals surface area contributed by atoms with Gasteiger partial charge in [-0.2, -0.15) is 0 Å². The summed E-state index contributed by atoms with van der Waals surface area (Å²) in [6.45, 7) is 3.02. The zero-order chi connectivity index (χ0) is 20.1. The number of ether oxygens (including phenoxy) is 2. The molecule has 1 aliphatic heterocycles. The highest BCUT2D eigenvalue weighted by Crippen LogP contribution is 2.41. The second-order valence-electron chi connectivity index (χ2n) is 7.12. The normalized spacial score (nSPS) is 21.7. The molecule has 2 aromatic rings. The minimum Gasteiger partial charge on any atom is -0.482 e. The van der Waals surface area contributed by atoms with Crippen LogP contribution in [0.3, 0.4) is 0 Å². The molecule has 28 heavy (non-hydrogen) atoms. The van der Waals surface area contributed by atoms with Crippen LogP contribution in [0.2, 0.25) is 0 Å². The largest absolute Gasteiger partial charge is 0.482 e. The molecule has 0 aromatic heterocycles. The van der Waals surface area contributed by atoms with Crippen LogP contribution >= 0.6 is 0 Å². The van der Waals surface area contributed by atoms with Gasteiger partial charge in [-0.1, -0.05) is 42.5 Å². The maximum Gasteiger partial charge on any atom is 0.341 e. The van der Waals surface area contributed by atoms with Crippen molar-refractivity contribution in [1.82, 2.24) is 5.32 Å². The van der Waals surface area contributed by atoms with Gasteiger partial charge in [0.05, 0.1) is 12.2 Å². The fourth-order valence-electron chi connectivity index (χ4n) is 3.58. The number of carboxylic acids is 1. The first-order chi connectivity index (χ1) is 13.4. The number of nitrogens with one attached hydrogen (secondary N) is 1. The van der Waals surface area contributed by atoms with Crippen molar-refractivity contribution in [3.8, 4) is 5.75 Å². The van der Waals surface area contributed by atoms with Gasteiger partial charge in [-0.15, -0.1) is 0 Å². The Morgan fingerprint density at radius 3 is 2.54 bits per heavy atom. The van der Waals surface area contributed by atoms with Gasteiger partial charge in [0, 0.05) is 18.5 Å². The van der Waals surface area contributed by atoms with E-state index in [1.54, 1.807) is 0 Å². The number of rotatable bonds is 6. The molecule has 3 atom stereocenters. The molecule has 0 radical (unpaired) electrons. The van der Waals surface area contributed by atoms with Crippen LogP contribution in [0.25, 0.3) is 0 Å². The van der Waals surface area contributed by atoms with E-state index in [9.17, 15) is 9.59 Å². The van der Waals surface area contributed by atoms with E-state index in [-0.39, 0.29) is 24.2 Å². The molecule has 2 N–H and O–H groups in total. The van der Waals surface area contributed by atoms with Crippen molar-refractivity contribution >= 4 is 11.9 Å². The summed E-state index contributed by atoms with van der Waals surface area (Å²) in [6, 6.07) is 15.5. The van der Waals surface area contributed by atoms with Crippen molar-refractivity contribution in [2.75, 3.05) is 6.61 Å². The monoisotopic (exact) mass is 383 g/mol. The Hall–Kier alpha value is -2.86. The average Bonchev–Trinajstić information content (AvgIpc) is 2.66. The Morgan fingerprint density at radius 2 is 1.86 bits per heavy atom. The van der Waals surface area contributed by atoms with Crippen LogP contribution in [0.5, 0.6) is 5.75 Å². The molecule has 0 unspecified atom stereocenters. The number of aliphatic carboxylic acids is 1. The van der Waals surface area contributed by atoms with Gasteiger partial charge in [0.25, 0.3) is 0 Å². The second-order valence-corrected chi connectivity index (χ2v) is 7.12. The van der Waals surface area contributed by atoms with Gasteiger partial charge in [0.1, 0.15) is 5.75 Å². The third-order valence-corrected chi connectivity index (χ3v) is 4.77. The zero-order valence-corrected chi connectivity index (χ0v) is 16.1. The fourth-order valence-corrected chi connectivity index (χ4v) is 3.58. The van der Waals surface area contributed by atoms with E-state index in [1.165, 1.54) is 6.92 Å². The maximum atomic E-state index is 11.6. The first-order valence-corrected chi connectivity index (χ1v) is 9.35. The van der Waals surface area contributed by atoms with Crippen LogP contribution in [0, 0.1) is 6.92 Å². The summed E-state index contributed by atoms with van der Waals surface area (Å²) < 4.78 is 11.9. The first kappa shape index (κ1) is 19.9. The van der Waals surface area contributed by atoms with Gasteiger partial charge < -0.3 is 19.9 Å². The molecule has 0 bridgehead atoms. The lowest BCUT2D eigenvalue weighted by Crippen LogP contribution is -2.39. The SMILES string of the molecule is CC(=O)N[C@H]1C[C@@H](c2ccccc2)O[C@@H](c2ccc(C)cc2OCC(=O)O)C1. The predicted octanol–water partition coefficient (Wildman–Crippen LogP) is 3.56. The molecule has 6 heteroatoms. The summed E-state index contributed by atoms with van der Waals surface area (Å²) in [5.41, 5.74) is 2.81. The minimum atomic E-state index is -1.03. The summed E-state index contributed by atoms with van der Waals surface area (Å²) in [6.07, 6.45) is 0.776. The Kier molecular flexibility index (Phi) is 6.31. The first-order valence-electron chi connectivity index (χ1n) is 9.35. The molecule has 148 valence electrons. The van der Waals surface area contributed by atoms with Gasteiger partial charge in [0.2, 0.25) is 5.91 Å². The summed E-state index contributed by atoms with van der Waals surface area (Å²) in [4.78, 5) is 22.6. The lowest BCUT2D eigenvalue weighted by atomic mass is 9.90. The third kappa shape index (κ3) is 5.10. The van der Waals surface area contributed by atoms with Crippen LogP contribution in [-0.2, 0) is 14.3 Å². The van der Waals surface area contributed by atoms with Crippen molar-refractivity contribution in [3.05, 3.63) is 65.2 Å². The number of hydrogen-bond acceptors (Lipinski definition) is 4. The van der Waals surface area contributed by atoms with Gasteiger partial charge in [-0.25, -0.2) is 4.79 Å². The lowest BCUT2D eigenvalue weighted by Gasteiger charge is -2.36. The second kappa shape index (κ2) is 8.89. The average molecular weight is 383 g/mol. The molecule has 0 saturated carbocycles. The van der Waals surface area contributed by atoms with E-state index in [2.05, 4.69) is 5.32 Å². The van der Waals surface area contributed by atoms with Crippen LogP contribution in [0.4, 0.5) is 0 Å². The summed E-state index contributed by atoms with van der Waals surface area (Å²) in [5, 5.41) is 12.0. The van der Waals surface area contributed by atoms with Crippen LogP contribution in [0.15, 0.2) is 48.5 Å². The number of carbonyl (C=O) groups excluding carboxylic acids is 1. The van der Waals surface area contributed by atoms with E-state index < -0.39 is 12.6 Å². The highest BCUT2D eigenvalue weighted by molar-refractivity contribution is 5.73. The molecule has 6 nitrogen and oxygen atoms in total. The maximum absolute atomic E-state index is 11.6. The lowest BCUT2D eigenvalue weighted by molar-refractivity contribution is -0.139. The number of hydrogen-bond donors (Lipinski definition) is 2. The number of carboxylic acid groups (broad SMARTS) is 1. The molecule has 1 aliphatic rings. The van der Waals surface area contributed by atoms with Crippen LogP contribution in [0.1, 0.15) is 48.7 Å². The number of amides is 1. The Labute approximate surface area is 164 Å².